The monoisotopic (exact) mass is 284 g/mol. The third kappa shape index (κ3) is 2.52. The number of nitrogens with one attached hydrogen (secondary N) is 2. The van der Waals surface area contributed by atoms with Gasteiger partial charge in [0.25, 0.3) is 5.91 Å². The van der Waals surface area contributed by atoms with Crippen LogP contribution in [0.5, 0.6) is 0 Å². The van der Waals surface area contributed by atoms with Crippen molar-refractivity contribution in [1.82, 2.24) is 20.4 Å². The van der Waals surface area contributed by atoms with Crippen LogP contribution >= 0.6 is 0 Å². The van der Waals surface area contributed by atoms with Crippen LogP contribution in [0, 0.1) is 6.92 Å². The second-order valence-corrected chi connectivity index (χ2v) is 5.04. The van der Waals surface area contributed by atoms with Crippen molar-refractivity contribution >= 4 is 11.8 Å². The number of nitrogens with zero attached hydrogens (tertiary/aromatic N) is 2. The predicted octanol–water partition coefficient (Wildman–Crippen LogP) is 1.03. The molecule has 1 aromatic heterocycles. The number of rotatable bonds is 2. The van der Waals surface area contributed by atoms with E-state index < -0.39 is 6.04 Å². The number of carbonyl (C=O) groups excluding carboxylic acids is 2. The number of amides is 2. The van der Waals surface area contributed by atoms with Crippen LogP contribution in [0.2, 0.25) is 0 Å². The van der Waals surface area contributed by atoms with Crippen molar-refractivity contribution in [3.8, 4) is 0 Å². The summed E-state index contributed by atoms with van der Waals surface area (Å²) in [7, 11) is 0. The number of hydrogen-bond acceptors (Lipinski definition) is 3. The van der Waals surface area contributed by atoms with Crippen molar-refractivity contribution in [3.05, 3.63) is 53.3 Å². The summed E-state index contributed by atoms with van der Waals surface area (Å²) < 4.78 is 0. The van der Waals surface area contributed by atoms with Crippen LogP contribution in [0.25, 0.3) is 0 Å². The zero-order valence-electron chi connectivity index (χ0n) is 11.7. The van der Waals surface area contributed by atoms with E-state index in [0.29, 0.717) is 18.8 Å². The van der Waals surface area contributed by atoms with Crippen molar-refractivity contribution in [2.75, 3.05) is 13.1 Å². The van der Waals surface area contributed by atoms with E-state index in [1.54, 1.807) is 11.0 Å². The summed E-state index contributed by atoms with van der Waals surface area (Å²) in [4.78, 5) is 26.4. The van der Waals surface area contributed by atoms with Gasteiger partial charge in [-0.15, -0.1) is 0 Å². The maximum absolute atomic E-state index is 12.6. The molecule has 1 atom stereocenters. The summed E-state index contributed by atoms with van der Waals surface area (Å²) in [5, 5.41) is 9.56. The summed E-state index contributed by atoms with van der Waals surface area (Å²) in [6.45, 7) is 2.76. The Morgan fingerprint density at radius 2 is 2.10 bits per heavy atom. The first-order chi connectivity index (χ1) is 10.2. The highest BCUT2D eigenvalue weighted by atomic mass is 16.2. The lowest BCUT2D eigenvalue weighted by Crippen LogP contribution is -2.52. The third-order valence-electron chi connectivity index (χ3n) is 3.51. The zero-order valence-corrected chi connectivity index (χ0v) is 11.7. The number of H-pyrrole nitrogens is 1. The molecule has 2 amide bonds. The summed E-state index contributed by atoms with van der Waals surface area (Å²) >= 11 is 0. The number of aromatic amines is 1. The Morgan fingerprint density at radius 1 is 1.33 bits per heavy atom. The molecule has 1 fully saturated rings. The quantitative estimate of drug-likeness (QED) is 0.864. The van der Waals surface area contributed by atoms with E-state index >= 15 is 0 Å². The molecule has 1 aliphatic heterocycles. The average molecular weight is 284 g/mol. The number of piperazine rings is 1. The molecule has 0 spiro atoms. The van der Waals surface area contributed by atoms with Crippen molar-refractivity contribution in [2.45, 2.75) is 13.0 Å². The highest BCUT2D eigenvalue weighted by molar-refractivity contribution is 5.97. The Labute approximate surface area is 122 Å². The molecule has 21 heavy (non-hydrogen) atoms. The molecule has 6 nitrogen and oxygen atoms in total. The van der Waals surface area contributed by atoms with Crippen molar-refractivity contribution in [3.63, 3.8) is 0 Å². The summed E-state index contributed by atoms with van der Waals surface area (Å²) in [6, 6.07) is 10.4. The van der Waals surface area contributed by atoms with Crippen LogP contribution in [-0.2, 0) is 4.79 Å². The van der Waals surface area contributed by atoms with Gasteiger partial charge in [0, 0.05) is 18.8 Å². The first kappa shape index (κ1) is 13.4. The highest BCUT2D eigenvalue weighted by Gasteiger charge is 2.35. The van der Waals surface area contributed by atoms with Crippen LogP contribution in [-0.4, -0.2) is 40.0 Å². The standard InChI is InChI=1S/C15H16N4O2/c1-10-9-12(18-17-10)15(21)19-8-7-16-14(20)13(19)11-5-3-2-4-6-11/h2-6,9,13H,7-8H2,1H3,(H,16,20)(H,17,18)/t13-/m0/s1. The molecule has 0 bridgehead atoms. The molecule has 2 heterocycles. The second kappa shape index (κ2) is 5.40. The number of hydrogen-bond donors (Lipinski definition) is 2. The van der Waals surface area contributed by atoms with Crippen LogP contribution < -0.4 is 5.32 Å². The summed E-state index contributed by atoms with van der Waals surface area (Å²) in [5.41, 5.74) is 1.95. The fourth-order valence-corrected chi connectivity index (χ4v) is 2.53. The Balaban J connectivity index is 1.94. The van der Waals surface area contributed by atoms with Crippen molar-refractivity contribution in [1.29, 1.82) is 0 Å². The van der Waals surface area contributed by atoms with Gasteiger partial charge in [-0.05, 0) is 18.6 Å². The van der Waals surface area contributed by atoms with Gasteiger partial charge in [-0.25, -0.2) is 0 Å². The van der Waals surface area contributed by atoms with Gasteiger partial charge < -0.3 is 10.2 Å². The van der Waals surface area contributed by atoms with Gasteiger partial charge in [-0.1, -0.05) is 30.3 Å². The Bertz CT molecular complexity index is 665. The van der Waals surface area contributed by atoms with E-state index in [2.05, 4.69) is 15.5 Å². The largest absolute Gasteiger partial charge is 0.352 e. The van der Waals surface area contributed by atoms with Gasteiger partial charge in [-0.2, -0.15) is 5.10 Å². The Kier molecular flexibility index (Phi) is 3.43. The van der Waals surface area contributed by atoms with Crippen molar-refractivity contribution < 1.29 is 9.59 Å². The van der Waals surface area contributed by atoms with Crippen LogP contribution in [0.3, 0.4) is 0 Å². The molecule has 6 heteroatoms. The van der Waals surface area contributed by atoms with E-state index in [9.17, 15) is 9.59 Å². The second-order valence-electron chi connectivity index (χ2n) is 5.04. The SMILES string of the molecule is Cc1cc(C(=O)N2CCNC(=O)[C@@H]2c2ccccc2)n[nH]1. The number of aryl methyl sites for hydroxylation is 1. The van der Waals surface area contributed by atoms with Crippen LogP contribution in [0.15, 0.2) is 36.4 Å². The van der Waals surface area contributed by atoms with Gasteiger partial charge in [0.15, 0.2) is 0 Å². The fourth-order valence-electron chi connectivity index (χ4n) is 2.53. The molecule has 1 aromatic carbocycles. The van der Waals surface area contributed by atoms with Crippen LogP contribution in [0.1, 0.15) is 27.8 Å². The molecule has 108 valence electrons. The van der Waals surface area contributed by atoms with Gasteiger partial charge in [0.1, 0.15) is 11.7 Å². The molecule has 0 radical (unpaired) electrons. The number of carbonyl (C=O) groups is 2. The summed E-state index contributed by atoms with van der Waals surface area (Å²) in [5.74, 6) is -0.392. The molecule has 0 saturated carbocycles. The minimum Gasteiger partial charge on any atom is -0.352 e. The third-order valence-corrected chi connectivity index (χ3v) is 3.51. The minimum atomic E-state index is -0.607. The molecule has 0 aliphatic carbocycles. The van der Waals surface area contributed by atoms with Gasteiger partial charge in [0.2, 0.25) is 5.91 Å². The van der Waals surface area contributed by atoms with E-state index in [0.717, 1.165) is 11.3 Å². The topological polar surface area (TPSA) is 78.1 Å². The maximum Gasteiger partial charge on any atom is 0.275 e. The Morgan fingerprint density at radius 3 is 2.76 bits per heavy atom. The first-order valence-electron chi connectivity index (χ1n) is 6.82. The van der Waals surface area contributed by atoms with Gasteiger partial charge in [-0.3, -0.25) is 14.7 Å². The minimum absolute atomic E-state index is 0.159. The zero-order chi connectivity index (χ0) is 14.8. The highest BCUT2D eigenvalue weighted by Crippen LogP contribution is 2.24. The maximum atomic E-state index is 12.6. The first-order valence-corrected chi connectivity index (χ1v) is 6.82. The molecule has 2 aromatic rings. The van der Waals surface area contributed by atoms with E-state index in [1.165, 1.54) is 0 Å². The van der Waals surface area contributed by atoms with E-state index in [-0.39, 0.29) is 11.8 Å². The number of aromatic nitrogens is 2. The lowest BCUT2D eigenvalue weighted by molar-refractivity contribution is -0.128. The normalized spacial score (nSPS) is 18.4. The van der Waals surface area contributed by atoms with E-state index in [1.807, 2.05) is 37.3 Å². The van der Waals surface area contributed by atoms with Crippen molar-refractivity contribution in [2.24, 2.45) is 0 Å². The fraction of sp³-hybridized carbons (Fsp3) is 0.267. The Hall–Kier alpha value is -2.63. The molecule has 0 unspecified atom stereocenters. The molecule has 3 rings (SSSR count). The summed E-state index contributed by atoms with van der Waals surface area (Å²) in [6.07, 6.45) is 0. The molecule has 1 saturated heterocycles. The van der Waals surface area contributed by atoms with Gasteiger partial charge >= 0.3 is 0 Å². The lowest BCUT2D eigenvalue weighted by Gasteiger charge is -2.34. The molecular weight excluding hydrogens is 268 g/mol. The lowest BCUT2D eigenvalue weighted by atomic mass is 10.0. The van der Waals surface area contributed by atoms with Crippen LogP contribution in [0.4, 0.5) is 0 Å². The van der Waals surface area contributed by atoms with E-state index in [4.69, 9.17) is 0 Å². The molecule has 1 aliphatic rings. The average Bonchev–Trinajstić information content (AvgIpc) is 2.93. The van der Waals surface area contributed by atoms with Gasteiger partial charge in [0.05, 0.1) is 0 Å². The predicted molar refractivity (Wildman–Crippen MR) is 76.6 cm³/mol. The molecular formula is C15H16N4O2. The smallest absolute Gasteiger partial charge is 0.275 e. The molecule has 2 N–H and O–H groups in total. The number of benzene rings is 1.